The Labute approximate surface area is 93.5 Å². The first kappa shape index (κ1) is 11.2. The molecule has 1 saturated carbocycles. The van der Waals surface area contributed by atoms with Crippen LogP contribution in [0.25, 0.3) is 0 Å². The first-order chi connectivity index (χ1) is 7.49. The Balaban J connectivity index is 2.39. The van der Waals surface area contributed by atoms with Gasteiger partial charge < -0.3 is 0 Å². The Hall–Kier alpha value is -1.25. The van der Waals surface area contributed by atoms with Crippen molar-refractivity contribution in [1.82, 2.24) is 0 Å². The molecule has 0 amide bonds. The molecule has 0 bridgehead atoms. The Morgan fingerprint density at radius 1 is 1.44 bits per heavy atom. The van der Waals surface area contributed by atoms with Gasteiger partial charge in [-0.25, -0.2) is 8.78 Å². The first-order valence-corrected chi connectivity index (χ1v) is 5.47. The Morgan fingerprint density at radius 2 is 2.12 bits per heavy atom. The molecule has 1 aliphatic rings. The van der Waals surface area contributed by atoms with E-state index in [1.54, 1.807) is 0 Å². The zero-order valence-corrected chi connectivity index (χ0v) is 9.39. The summed E-state index contributed by atoms with van der Waals surface area (Å²) in [5, 5.41) is 0. The lowest BCUT2D eigenvalue weighted by Gasteiger charge is -2.45. The fourth-order valence-corrected chi connectivity index (χ4v) is 2.39. The molecular weight excluding hydrogens is 210 g/mol. The van der Waals surface area contributed by atoms with Gasteiger partial charge in [0.1, 0.15) is 17.4 Å². The monoisotopic (exact) mass is 224 g/mol. The molecule has 2 rings (SSSR count). The van der Waals surface area contributed by atoms with Gasteiger partial charge in [0.25, 0.3) is 0 Å². The van der Waals surface area contributed by atoms with E-state index in [0.29, 0.717) is 18.4 Å². The zero-order valence-electron chi connectivity index (χ0n) is 9.39. The van der Waals surface area contributed by atoms with Gasteiger partial charge in [0.2, 0.25) is 0 Å². The third-order valence-electron chi connectivity index (χ3n) is 3.86. The van der Waals surface area contributed by atoms with Gasteiger partial charge >= 0.3 is 0 Å². The van der Waals surface area contributed by atoms with E-state index in [1.165, 1.54) is 6.07 Å². The summed E-state index contributed by atoms with van der Waals surface area (Å²) in [7, 11) is 0. The number of hydrogen-bond donors (Lipinski definition) is 0. The lowest BCUT2D eigenvalue weighted by atomic mass is 9.56. The number of carbonyl (C=O) groups excluding carboxylic acids is 1. The van der Waals surface area contributed by atoms with Crippen molar-refractivity contribution >= 4 is 5.78 Å². The van der Waals surface area contributed by atoms with E-state index in [9.17, 15) is 13.6 Å². The van der Waals surface area contributed by atoms with Crippen molar-refractivity contribution in [3.05, 3.63) is 35.4 Å². The molecule has 0 saturated heterocycles. The van der Waals surface area contributed by atoms with Crippen LogP contribution in [0.3, 0.4) is 0 Å². The molecule has 3 heteroatoms. The second-order valence-electron chi connectivity index (χ2n) is 4.62. The quantitative estimate of drug-likeness (QED) is 0.752. The van der Waals surface area contributed by atoms with E-state index in [2.05, 4.69) is 0 Å². The molecule has 0 spiro atoms. The Morgan fingerprint density at radius 3 is 2.69 bits per heavy atom. The van der Waals surface area contributed by atoms with Crippen LogP contribution in [0.2, 0.25) is 0 Å². The maximum Gasteiger partial charge on any atom is 0.140 e. The van der Waals surface area contributed by atoms with Crippen LogP contribution in [-0.2, 0) is 4.79 Å². The molecule has 2 unspecified atom stereocenters. The standard InChI is InChI=1S/C13H14F2O/c1-3-13(2)10(7-12(13)16)9-6-8(14)4-5-11(9)15/h4-6,10H,3,7H2,1-2H3. The molecule has 1 aliphatic carbocycles. The van der Waals surface area contributed by atoms with Gasteiger partial charge in [-0.05, 0) is 30.2 Å². The molecule has 1 nitrogen and oxygen atoms in total. The lowest BCUT2D eigenvalue weighted by molar-refractivity contribution is -0.139. The van der Waals surface area contributed by atoms with E-state index in [0.717, 1.165) is 12.1 Å². The molecule has 2 atom stereocenters. The predicted molar refractivity (Wildman–Crippen MR) is 57.1 cm³/mol. The molecule has 16 heavy (non-hydrogen) atoms. The maximum absolute atomic E-state index is 13.6. The number of ketones is 1. The summed E-state index contributed by atoms with van der Waals surface area (Å²) < 4.78 is 26.6. The molecular formula is C13H14F2O. The third-order valence-corrected chi connectivity index (χ3v) is 3.86. The molecule has 86 valence electrons. The Bertz CT molecular complexity index is 442. The van der Waals surface area contributed by atoms with Gasteiger partial charge in [0, 0.05) is 17.8 Å². The van der Waals surface area contributed by atoms with Crippen LogP contribution in [0, 0.1) is 17.0 Å². The summed E-state index contributed by atoms with van der Waals surface area (Å²) in [6.45, 7) is 3.73. The lowest BCUT2D eigenvalue weighted by Crippen LogP contribution is -2.45. The fourth-order valence-electron chi connectivity index (χ4n) is 2.39. The normalized spacial score (nSPS) is 29.0. The molecule has 0 N–H and O–H groups in total. The number of halogens is 2. The van der Waals surface area contributed by atoms with Crippen LogP contribution in [-0.4, -0.2) is 5.78 Å². The average molecular weight is 224 g/mol. The first-order valence-electron chi connectivity index (χ1n) is 5.47. The summed E-state index contributed by atoms with van der Waals surface area (Å²) in [5.41, 5.74) is -0.182. The van der Waals surface area contributed by atoms with Crippen molar-refractivity contribution in [2.45, 2.75) is 32.6 Å². The number of hydrogen-bond acceptors (Lipinski definition) is 1. The van der Waals surface area contributed by atoms with Crippen molar-refractivity contribution in [2.75, 3.05) is 0 Å². The predicted octanol–water partition coefficient (Wildman–Crippen LogP) is 3.44. The summed E-state index contributed by atoms with van der Waals surface area (Å²) in [6, 6.07) is 3.44. The second-order valence-corrected chi connectivity index (χ2v) is 4.62. The topological polar surface area (TPSA) is 17.1 Å². The summed E-state index contributed by atoms with van der Waals surface area (Å²) in [4.78, 5) is 11.5. The molecule has 0 aliphatic heterocycles. The highest BCUT2D eigenvalue weighted by molar-refractivity contribution is 5.93. The van der Waals surface area contributed by atoms with Gasteiger partial charge in [-0.2, -0.15) is 0 Å². The molecule has 1 fully saturated rings. The van der Waals surface area contributed by atoms with Gasteiger partial charge in [0.05, 0.1) is 0 Å². The summed E-state index contributed by atoms with van der Waals surface area (Å²) in [6.07, 6.45) is 0.983. The number of rotatable bonds is 2. The van der Waals surface area contributed by atoms with E-state index in [-0.39, 0.29) is 11.7 Å². The van der Waals surface area contributed by atoms with Crippen molar-refractivity contribution in [2.24, 2.45) is 5.41 Å². The van der Waals surface area contributed by atoms with Crippen molar-refractivity contribution in [3.8, 4) is 0 Å². The smallest absolute Gasteiger partial charge is 0.140 e. The van der Waals surface area contributed by atoms with E-state index in [4.69, 9.17) is 0 Å². The number of carbonyl (C=O) groups is 1. The number of benzene rings is 1. The molecule has 1 aromatic rings. The highest BCUT2D eigenvalue weighted by atomic mass is 19.1. The molecule has 0 radical (unpaired) electrons. The third kappa shape index (κ3) is 1.46. The van der Waals surface area contributed by atoms with Crippen LogP contribution >= 0.6 is 0 Å². The molecule has 0 heterocycles. The second kappa shape index (κ2) is 3.65. The largest absolute Gasteiger partial charge is 0.299 e. The zero-order chi connectivity index (χ0) is 11.9. The van der Waals surface area contributed by atoms with Crippen LogP contribution in [0.4, 0.5) is 8.78 Å². The van der Waals surface area contributed by atoms with Crippen LogP contribution < -0.4 is 0 Å². The minimum absolute atomic E-state index is 0.142. The van der Waals surface area contributed by atoms with Gasteiger partial charge in [-0.1, -0.05) is 13.8 Å². The van der Waals surface area contributed by atoms with E-state index in [1.807, 2.05) is 13.8 Å². The van der Waals surface area contributed by atoms with E-state index >= 15 is 0 Å². The average Bonchev–Trinajstić information content (AvgIpc) is 2.28. The fraction of sp³-hybridized carbons (Fsp3) is 0.462. The van der Waals surface area contributed by atoms with Crippen LogP contribution in [0.15, 0.2) is 18.2 Å². The van der Waals surface area contributed by atoms with Crippen molar-refractivity contribution in [1.29, 1.82) is 0 Å². The highest BCUT2D eigenvalue weighted by Crippen LogP contribution is 2.52. The maximum atomic E-state index is 13.6. The molecule has 0 aromatic heterocycles. The molecule has 1 aromatic carbocycles. The minimum Gasteiger partial charge on any atom is -0.299 e. The minimum atomic E-state index is -0.519. The van der Waals surface area contributed by atoms with Crippen LogP contribution in [0.1, 0.15) is 38.2 Å². The van der Waals surface area contributed by atoms with Crippen molar-refractivity contribution in [3.63, 3.8) is 0 Å². The van der Waals surface area contributed by atoms with Gasteiger partial charge in [-0.3, -0.25) is 4.79 Å². The van der Waals surface area contributed by atoms with E-state index < -0.39 is 17.0 Å². The SMILES string of the molecule is CCC1(C)C(=O)CC1c1cc(F)ccc1F. The highest BCUT2D eigenvalue weighted by Gasteiger charge is 2.50. The summed E-state index contributed by atoms with van der Waals surface area (Å²) in [5.74, 6) is -0.905. The van der Waals surface area contributed by atoms with Crippen LogP contribution in [0.5, 0.6) is 0 Å². The van der Waals surface area contributed by atoms with Gasteiger partial charge in [-0.15, -0.1) is 0 Å². The summed E-state index contributed by atoms with van der Waals surface area (Å²) >= 11 is 0. The number of Topliss-reactive ketones (excluding diaryl/α,β-unsaturated/α-hetero) is 1. The van der Waals surface area contributed by atoms with Gasteiger partial charge in [0.15, 0.2) is 0 Å². The van der Waals surface area contributed by atoms with Crippen molar-refractivity contribution < 1.29 is 13.6 Å². The Kier molecular flexibility index (Phi) is 2.56.